The van der Waals surface area contributed by atoms with Gasteiger partial charge in [0.2, 0.25) is 5.91 Å². The highest BCUT2D eigenvalue weighted by atomic mass is 16.3. The lowest BCUT2D eigenvalue weighted by Gasteiger charge is -2.25. The maximum absolute atomic E-state index is 11.8. The summed E-state index contributed by atoms with van der Waals surface area (Å²) in [5, 5.41) is 21.2. The van der Waals surface area contributed by atoms with Crippen LogP contribution in [0.3, 0.4) is 0 Å². The Labute approximate surface area is 90.1 Å². The van der Waals surface area contributed by atoms with Crippen molar-refractivity contribution in [1.82, 2.24) is 10.2 Å². The van der Waals surface area contributed by atoms with Gasteiger partial charge in [-0.2, -0.15) is 0 Å². The van der Waals surface area contributed by atoms with Crippen molar-refractivity contribution >= 4 is 5.91 Å². The van der Waals surface area contributed by atoms with Crippen molar-refractivity contribution in [2.75, 3.05) is 19.8 Å². The number of hydrogen-bond acceptors (Lipinski definition) is 4. The van der Waals surface area contributed by atoms with Crippen LogP contribution in [-0.2, 0) is 4.79 Å². The Balaban J connectivity index is 2.55. The van der Waals surface area contributed by atoms with Gasteiger partial charge < -0.3 is 20.4 Å². The van der Waals surface area contributed by atoms with Crippen LogP contribution in [0.2, 0.25) is 0 Å². The fourth-order valence-corrected chi connectivity index (χ4v) is 1.88. The van der Waals surface area contributed by atoms with E-state index >= 15 is 0 Å². The molecule has 0 aromatic rings. The molecule has 1 aliphatic heterocycles. The Morgan fingerprint density at radius 1 is 1.47 bits per heavy atom. The molecule has 1 saturated heterocycles. The number of nitrogens with one attached hydrogen (secondary N) is 1. The van der Waals surface area contributed by atoms with E-state index in [1.165, 1.54) is 0 Å². The number of nitrogens with zero attached hydrogens (tertiary/aromatic N) is 1. The molecule has 1 unspecified atom stereocenters. The van der Waals surface area contributed by atoms with Crippen molar-refractivity contribution in [2.24, 2.45) is 0 Å². The topological polar surface area (TPSA) is 72.8 Å². The first kappa shape index (κ1) is 12.4. The molecule has 3 N–H and O–H groups in total. The van der Waals surface area contributed by atoms with E-state index in [9.17, 15) is 4.79 Å². The molecule has 0 aromatic carbocycles. The maximum Gasteiger partial charge on any atom is 0.240 e. The average Bonchev–Trinajstić information content (AvgIpc) is 2.51. The molecule has 0 aliphatic carbocycles. The second kappa shape index (κ2) is 5.44. The second-order valence-corrected chi connectivity index (χ2v) is 4.21. The summed E-state index contributed by atoms with van der Waals surface area (Å²) in [7, 11) is 0. The third-order valence-corrected chi connectivity index (χ3v) is 2.64. The number of likely N-dealkylation sites (tertiary alicyclic amines) is 1. The predicted molar refractivity (Wildman–Crippen MR) is 56.3 cm³/mol. The average molecular weight is 216 g/mol. The van der Waals surface area contributed by atoms with Gasteiger partial charge >= 0.3 is 0 Å². The minimum atomic E-state index is -0.448. The molecular formula is C10H20N2O3. The Bertz CT molecular complexity index is 217. The van der Waals surface area contributed by atoms with Crippen molar-refractivity contribution in [3.05, 3.63) is 0 Å². The minimum Gasteiger partial charge on any atom is -0.394 e. The molecule has 1 fully saturated rings. The quantitative estimate of drug-likeness (QED) is 0.547. The van der Waals surface area contributed by atoms with Crippen LogP contribution in [0.5, 0.6) is 0 Å². The highest BCUT2D eigenvalue weighted by Crippen LogP contribution is 2.14. The standard InChI is InChI=1S/C10H20N2O3/c1-7(2)11-9-3-4-12(10(9)15)8(5-13)6-14/h7-9,11,13-14H,3-6H2,1-2H3. The first-order valence-electron chi connectivity index (χ1n) is 5.38. The fraction of sp³-hybridized carbons (Fsp3) is 0.900. The Hall–Kier alpha value is -0.650. The van der Waals surface area contributed by atoms with Gasteiger partial charge in [-0.1, -0.05) is 13.8 Å². The van der Waals surface area contributed by atoms with Gasteiger partial charge in [-0.05, 0) is 6.42 Å². The number of carbonyl (C=O) groups is 1. The highest BCUT2D eigenvalue weighted by Gasteiger charge is 2.35. The molecule has 1 rings (SSSR count). The van der Waals surface area contributed by atoms with Gasteiger partial charge in [0, 0.05) is 12.6 Å². The number of hydrogen-bond donors (Lipinski definition) is 3. The molecule has 0 spiro atoms. The molecule has 0 saturated carbocycles. The predicted octanol–water partition coefficient (Wildman–Crippen LogP) is -1.06. The number of aliphatic hydroxyl groups is 2. The summed E-state index contributed by atoms with van der Waals surface area (Å²) in [5.74, 6) is -0.0169. The summed E-state index contributed by atoms with van der Waals surface area (Å²) in [6, 6.07) is -0.345. The van der Waals surface area contributed by atoms with Crippen LogP contribution >= 0.6 is 0 Å². The largest absolute Gasteiger partial charge is 0.394 e. The van der Waals surface area contributed by atoms with E-state index < -0.39 is 6.04 Å². The summed E-state index contributed by atoms with van der Waals surface area (Å²) in [5.41, 5.74) is 0. The molecule has 1 aliphatic rings. The molecule has 88 valence electrons. The smallest absolute Gasteiger partial charge is 0.240 e. The van der Waals surface area contributed by atoms with Crippen LogP contribution in [0.1, 0.15) is 20.3 Å². The van der Waals surface area contributed by atoms with E-state index in [0.29, 0.717) is 6.54 Å². The second-order valence-electron chi connectivity index (χ2n) is 4.21. The molecule has 5 nitrogen and oxygen atoms in total. The minimum absolute atomic E-state index is 0.0169. The van der Waals surface area contributed by atoms with Gasteiger partial charge in [-0.3, -0.25) is 4.79 Å². The molecule has 0 radical (unpaired) electrons. The summed E-state index contributed by atoms with van der Waals surface area (Å²) in [4.78, 5) is 13.4. The highest BCUT2D eigenvalue weighted by molar-refractivity contribution is 5.84. The van der Waals surface area contributed by atoms with Gasteiger partial charge in [0.15, 0.2) is 0 Å². The van der Waals surface area contributed by atoms with Crippen LogP contribution in [0.25, 0.3) is 0 Å². The van der Waals surface area contributed by atoms with Crippen molar-refractivity contribution in [3.63, 3.8) is 0 Å². The van der Waals surface area contributed by atoms with E-state index in [4.69, 9.17) is 10.2 Å². The third kappa shape index (κ3) is 2.90. The normalized spacial score (nSPS) is 22.1. The monoisotopic (exact) mass is 216 g/mol. The van der Waals surface area contributed by atoms with E-state index in [1.54, 1.807) is 4.90 Å². The summed E-state index contributed by atoms with van der Waals surface area (Å²) in [6.07, 6.45) is 0.744. The molecule has 1 heterocycles. The van der Waals surface area contributed by atoms with Gasteiger partial charge in [0.25, 0.3) is 0 Å². The number of aliphatic hydroxyl groups excluding tert-OH is 2. The Morgan fingerprint density at radius 2 is 2.07 bits per heavy atom. The van der Waals surface area contributed by atoms with Crippen LogP contribution in [0.4, 0.5) is 0 Å². The maximum atomic E-state index is 11.8. The third-order valence-electron chi connectivity index (χ3n) is 2.64. The fourth-order valence-electron chi connectivity index (χ4n) is 1.88. The number of carbonyl (C=O) groups excluding carboxylic acids is 1. The van der Waals surface area contributed by atoms with E-state index in [2.05, 4.69) is 5.32 Å². The number of rotatable bonds is 5. The van der Waals surface area contributed by atoms with Gasteiger partial charge in [0.05, 0.1) is 25.3 Å². The van der Waals surface area contributed by atoms with Crippen molar-refractivity contribution in [1.29, 1.82) is 0 Å². The molecule has 0 aromatic heterocycles. The summed E-state index contributed by atoms with van der Waals surface area (Å²) >= 11 is 0. The molecule has 1 amide bonds. The summed E-state index contributed by atoms with van der Waals surface area (Å²) in [6.45, 7) is 4.22. The Kier molecular flexibility index (Phi) is 4.50. The van der Waals surface area contributed by atoms with E-state index in [-0.39, 0.29) is 31.2 Å². The first-order chi connectivity index (χ1) is 7.10. The van der Waals surface area contributed by atoms with Crippen LogP contribution in [-0.4, -0.2) is 58.9 Å². The molecule has 0 bridgehead atoms. The molecule has 1 atom stereocenters. The summed E-state index contributed by atoms with van der Waals surface area (Å²) < 4.78 is 0. The SMILES string of the molecule is CC(C)NC1CCN(C(CO)CO)C1=O. The van der Waals surface area contributed by atoms with Gasteiger partial charge in [0.1, 0.15) is 0 Å². The zero-order chi connectivity index (χ0) is 11.4. The van der Waals surface area contributed by atoms with Crippen molar-refractivity contribution < 1.29 is 15.0 Å². The molecular weight excluding hydrogens is 196 g/mol. The van der Waals surface area contributed by atoms with Crippen molar-refractivity contribution in [2.45, 2.75) is 38.4 Å². The van der Waals surface area contributed by atoms with E-state index in [0.717, 1.165) is 6.42 Å². The van der Waals surface area contributed by atoms with Crippen LogP contribution in [0.15, 0.2) is 0 Å². The molecule has 15 heavy (non-hydrogen) atoms. The van der Waals surface area contributed by atoms with E-state index in [1.807, 2.05) is 13.8 Å². The van der Waals surface area contributed by atoms with Crippen LogP contribution < -0.4 is 5.32 Å². The molecule has 5 heteroatoms. The number of amides is 1. The lowest BCUT2D eigenvalue weighted by Crippen LogP contribution is -2.47. The van der Waals surface area contributed by atoms with Crippen molar-refractivity contribution in [3.8, 4) is 0 Å². The van der Waals surface area contributed by atoms with Crippen LogP contribution in [0, 0.1) is 0 Å². The Morgan fingerprint density at radius 3 is 2.53 bits per heavy atom. The first-order valence-corrected chi connectivity index (χ1v) is 5.38. The lowest BCUT2D eigenvalue weighted by atomic mass is 10.2. The van der Waals surface area contributed by atoms with Gasteiger partial charge in [-0.25, -0.2) is 0 Å². The zero-order valence-electron chi connectivity index (χ0n) is 9.31. The lowest BCUT2D eigenvalue weighted by molar-refractivity contribution is -0.133. The zero-order valence-corrected chi connectivity index (χ0v) is 9.31. The van der Waals surface area contributed by atoms with Gasteiger partial charge in [-0.15, -0.1) is 0 Å².